The molecule has 1 atom stereocenters. The van der Waals surface area contributed by atoms with Gasteiger partial charge in [-0.15, -0.1) is 11.3 Å². The van der Waals surface area contributed by atoms with Crippen LogP contribution in [0.4, 0.5) is 0 Å². The van der Waals surface area contributed by atoms with Gasteiger partial charge in [0.25, 0.3) is 0 Å². The minimum absolute atomic E-state index is 0.140. The fraction of sp³-hybridized carbons (Fsp3) is 0.174. The number of halogens is 1. The van der Waals surface area contributed by atoms with Crippen molar-refractivity contribution in [3.8, 4) is 11.5 Å². The fourth-order valence-electron chi connectivity index (χ4n) is 3.06. The molecule has 0 N–H and O–H groups in total. The maximum absolute atomic E-state index is 6.10. The summed E-state index contributed by atoms with van der Waals surface area (Å²) in [6.45, 7) is 2.65. The van der Waals surface area contributed by atoms with Crippen molar-refractivity contribution in [3.63, 3.8) is 0 Å². The van der Waals surface area contributed by atoms with Gasteiger partial charge in [0.2, 0.25) is 0 Å². The minimum atomic E-state index is 0.140. The summed E-state index contributed by atoms with van der Waals surface area (Å²) in [5, 5.41) is 1.76. The molecule has 0 aliphatic carbocycles. The molecule has 28 heavy (non-hydrogen) atoms. The van der Waals surface area contributed by atoms with Crippen LogP contribution >= 0.6 is 22.9 Å². The quantitative estimate of drug-likeness (QED) is 0.355. The highest BCUT2D eigenvalue weighted by molar-refractivity contribution is 7.18. The number of rotatable bonds is 6. The zero-order valence-corrected chi connectivity index (χ0v) is 17.3. The van der Waals surface area contributed by atoms with Crippen LogP contribution < -0.4 is 9.47 Å². The average Bonchev–Trinajstić information content (AvgIpc) is 3.15. The lowest BCUT2D eigenvalue weighted by atomic mass is 10.0. The summed E-state index contributed by atoms with van der Waals surface area (Å²) in [5.41, 5.74) is 3.19. The number of hydrogen-bond donors (Lipinski definition) is 0. The minimum Gasteiger partial charge on any atom is -0.493 e. The van der Waals surface area contributed by atoms with E-state index in [4.69, 9.17) is 26.1 Å². The molecule has 0 spiro atoms. The Hall–Kier alpha value is -2.56. The first-order valence-electron chi connectivity index (χ1n) is 9.04. The molecule has 0 fully saturated rings. The van der Waals surface area contributed by atoms with Crippen LogP contribution in [-0.2, 0) is 6.61 Å². The van der Waals surface area contributed by atoms with Gasteiger partial charge in [0.15, 0.2) is 11.5 Å². The molecule has 5 heteroatoms. The van der Waals surface area contributed by atoms with Crippen LogP contribution in [0, 0.1) is 0 Å². The number of ether oxygens (including phenoxy) is 2. The van der Waals surface area contributed by atoms with Crippen LogP contribution in [-0.4, -0.2) is 12.1 Å². The lowest BCUT2D eigenvalue weighted by Gasteiger charge is -2.15. The Balaban J connectivity index is 1.61. The smallest absolute Gasteiger partial charge is 0.161 e. The van der Waals surface area contributed by atoms with Crippen molar-refractivity contribution in [2.75, 3.05) is 7.11 Å². The van der Waals surface area contributed by atoms with Crippen LogP contribution in [0.15, 0.2) is 66.7 Å². The highest BCUT2D eigenvalue weighted by atomic mass is 35.5. The van der Waals surface area contributed by atoms with E-state index >= 15 is 0 Å². The predicted molar refractivity (Wildman–Crippen MR) is 116 cm³/mol. The van der Waals surface area contributed by atoms with Gasteiger partial charge >= 0.3 is 0 Å². The van der Waals surface area contributed by atoms with Crippen LogP contribution in [0.2, 0.25) is 5.02 Å². The van der Waals surface area contributed by atoms with E-state index in [1.54, 1.807) is 18.4 Å². The highest BCUT2D eigenvalue weighted by Gasteiger charge is 2.16. The van der Waals surface area contributed by atoms with Gasteiger partial charge < -0.3 is 9.47 Å². The van der Waals surface area contributed by atoms with Crippen molar-refractivity contribution in [1.29, 1.82) is 0 Å². The van der Waals surface area contributed by atoms with Gasteiger partial charge in [0.05, 0.1) is 17.3 Å². The number of thiazole rings is 1. The third-order valence-corrected chi connectivity index (χ3v) is 6.12. The number of methoxy groups -OCH3 is 1. The molecular weight excluding hydrogens is 390 g/mol. The van der Waals surface area contributed by atoms with Crippen molar-refractivity contribution in [3.05, 3.63) is 87.9 Å². The van der Waals surface area contributed by atoms with E-state index < -0.39 is 0 Å². The molecular formula is C23H20ClNO2S. The van der Waals surface area contributed by atoms with Crippen LogP contribution in [0.5, 0.6) is 11.5 Å². The van der Waals surface area contributed by atoms with E-state index in [2.05, 4.69) is 13.0 Å². The molecule has 1 aromatic heterocycles. The summed E-state index contributed by atoms with van der Waals surface area (Å²) in [6, 6.07) is 22.0. The maximum Gasteiger partial charge on any atom is 0.161 e. The van der Waals surface area contributed by atoms with E-state index in [9.17, 15) is 0 Å². The molecule has 4 aromatic rings. The lowest BCUT2D eigenvalue weighted by molar-refractivity contribution is 0.284. The zero-order valence-electron chi connectivity index (χ0n) is 15.7. The van der Waals surface area contributed by atoms with Crippen molar-refractivity contribution < 1.29 is 9.47 Å². The molecule has 0 saturated carbocycles. The zero-order chi connectivity index (χ0) is 19.5. The summed E-state index contributed by atoms with van der Waals surface area (Å²) in [7, 11) is 1.66. The molecule has 3 nitrogen and oxygen atoms in total. The van der Waals surface area contributed by atoms with Crippen LogP contribution in [0.1, 0.15) is 29.0 Å². The first kappa shape index (κ1) is 18.8. The number of benzene rings is 3. The topological polar surface area (TPSA) is 31.4 Å². The number of fused-ring (bicyclic) bond motifs is 1. The Morgan fingerprint density at radius 3 is 2.61 bits per heavy atom. The number of nitrogens with zero attached hydrogens (tertiary/aromatic N) is 1. The molecule has 0 radical (unpaired) electrons. The van der Waals surface area contributed by atoms with Gasteiger partial charge in [-0.1, -0.05) is 54.9 Å². The van der Waals surface area contributed by atoms with Gasteiger partial charge in [-0.25, -0.2) is 4.98 Å². The molecule has 0 saturated heterocycles. The second-order valence-corrected chi connectivity index (χ2v) is 8.07. The Labute approximate surface area is 173 Å². The summed E-state index contributed by atoms with van der Waals surface area (Å²) in [6.07, 6.45) is 0. The third-order valence-electron chi connectivity index (χ3n) is 4.66. The number of hydrogen-bond acceptors (Lipinski definition) is 4. The van der Waals surface area contributed by atoms with Crippen LogP contribution in [0.3, 0.4) is 0 Å². The van der Waals surface area contributed by atoms with Crippen molar-refractivity contribution >= 4 is 33.2 Å². The largest absolute Gasteiger partial charge is 0.493 e. The Morgan fingerprint density at radius 1 is 1.00 bits per heavy atom. The van der Waals surface area contributed by atoms with Gasteiger partial charge in [-0.05, 0) is 41.5 Å². The lowest BCUT2D eigenvalue weighted by Crippen LogP contribution is -2.01. The molecule has 4 rings (SSSR count). The molecule has 0 amide bonds. The molecule has 0 aliphatic rings. The average molecular weight is 410 g/mol. The van der Waals surface area contributed by atoms with E-state index in [1.165, 1.54) is 0 Å². The van der Waals surface area contributed by atoms with Crippen molar-refractivity contribution in [2.24, 2.45) is 0 Å². The van der Waals surface area contributed by atoms with E-state index in [1.807, 2.05) is 60.7 Å². The van der Waals surface area contributed by atoms with Gasteiger partial charge in [0.1, 0.15) is 11.6 Å². The van der Waals surface area contributed by atoms with E-state index in [0.29, 0.717) is 11.6 Å². The third kappa shape index (κ3) is 3.98. The van der Waals surface area contributed by atoms with Gasteiger partial charge in [-0.2, -0.15) is 0 Å². The number of aromatic nitrogens is 1. The van der Waals surface area contributed by atoms with E-state index in [-0.39, 0.29) is 5.92 Å². The van der Waals surface area contributed by atoms with Crippen molar-refractivity contribution in [2.45, 2.75) is 19.4 Å². The van der Waals surface area contributed by atoms with Gasteiger partial charge in [-0.3, -0.25) is 0 Å². The standard InChI is InChI=1S/C23H20ClNO2S/c1-15(23-25-19-13-18(24)9-11-22(19)28-23)17-8-10-20(26-2)21(12-17)27-14-16-6-4-3-5-7-16/h3-13,15H,14H2,1-2H3. The molecule has 3 aromatic carbocycles. The molecule has 142 valence electrons. The Kier molecular flexibility index (Phi) is 5.51. The summed E-state index contributed by atoms with van der Waals surface area (Å²) in [4.78, 5) is 4.78. The summed E-state index contributed by atoms with van der Waals surface area (Å²) >= 11 is 7.79. The Bertz CT molecular complexity index is 1090. The SMILES string of the molecule is COc1ccc(C(C)c2nc3cc(Cl)ccc3s2)cc1OCc1ccccc1. The monoisotopic (exact) mass is 409 g/mol. The first-order valence-corrected chi connectivity index (χ1v) is 10.2. The summed E-state index contributed by atoms with van der Waals surface area (Å²) in [5.74, 6) is 1.60. The molecule has 0 aliphatic heterocycles. The van der Waals surface area contributed by atoms with E-state index in [0.717, 1.165) is 37.9 Å². The second kappa shape index (κ2) is 8.21. The molecule has 1 unspecified atom stereocenters. The van der Waals surface area contributed by atoms with Crippen LogP contribution in [0.25, 0.3) is 10.2 Å². The predicted octanol–water partition coefficient (Wildman–Crippen LogP) is 6.69. The second-order valence-electron chi connectivity index (χ2n) is 6.57. The van der Waals surface area contributed by atoms with Crippen molar-refractivity contribution in [1.82, 2.24) is 4.98 Å². The van der Waals surface area contributed by atoms with Gasteiger partial charge in [0, 0.05) is 10.9 Å². The first-order chi connectivity index (χ1) is 13.6. The normalized spacial score (nSPS) is 12.1. The fourth-order valence-corrected chi connectivity index (χ4v) is 4.25. The summed E-state index contributed by atoms with van der Waals surface area (Å²) < 4.78 is 12.7. The Morgan fingerprint density at radius 2 is 1.82 bits per heavy atom. The molecule has 0 bridgehead atoms. The maximum atomic E-state index is 6.10. The molecule has 1 heterocycles. The highest BCUT2D eigenvalue weighted by Crippen LogP contribution is 2.36.